The predicted octanol–water partition coefficient (Wildman–Crippen LogP) is 5.36. The average molecular weight is 333 g/mol. The maximum atomic E-state index is 14.9. The molecule has 2 nitrogen and oxygen atoms in total. The molecule has 0 bridgehead atoms. The van der Waals surface area contributed by atoms with Crippen LogP contribution in [0.15, 0.2) is 54.6 Å². The molecule has 0 atom stereocenters. The third-order valence-electron chi connectivity index (χ3n) is 3.52. The Morgan fingerprint density at radius 2 is 1.22 bits per heavy atom. The first kappa shape index (κ1) is 15.3. The summed E-state index contributed by atoms with van der Waals surface area (Å²) in [5, 5.41) is 19.5. The van der Waals surface area contributed by atoms with Gasteiger partial charge in [0, 0.05) is 16.7 Å². The van der Waals surface area contributed by atoms with Gasteiger partial charge in [-0.15, -0.1) is 0 Å². The summed E-state index contributed by atoms with van der Waals surface area (Å²) in [6.07, 6.45) is 0. The number of hydrogen-bond donors (Lipinski definition) is 2. The van der Waals surface area contributed by atoms with Crippen LogP contribution < -0.4 is 0 Å². The van der Waals surface area contributed by atoms with Crippen LogP contribution >= 0.6 is 11.6 Å². The summed E-state index contributed by atoms with van der Waals surface area (Å²) >= 11 is 5.89. The maximum Gasteiger partial charge on any atom is 0.152 e. The molecule has 0 saturated carbocycles. The van der Waals surface area contributed by atoms with Crippen molar-refractivity contribution in [1.29, 1.82) is 0 Å². The van der Waals surface area contributed by atoms with E-state index < -0.39 is 17.2 Å². The third-order valence-corrected chi connectivity index (χ3v) is 3.80. The first-order chi connectivity index (χ1) is 11.0. The molecule has 0 aromatic heterocycles. The van der Waals surface area contributed by atoms with E-state index in [0.717, 1.165) is 6.07 Å². The van der Waals surface area contributed by atoms with Crippen molar-refractivity contribution >= 4 is 11.6 Å². The predicted molar refractivity (Wildman–Crippen MR) is 85.6 cm³/mol. The van der Waals surface area contributed by atoms with Crippen molar-refractivity contribution in [2.24, 2.45) is 0 Å². The van der Waals surface area contributed by atoms with Crippen molar-refractivity contribution in [3.05, 3.63) is 71.3 Å². The Bertz CT molecular complexity index is 894. The zero-order valence-electron chi connectivity index (χ0n) is 11.7. The van der Waals surface area contributed by atoms with E-state index in [0.29, 0.717) is 0 Å². The minimum atomic E-state index is -0.968. The molecule has 0 spiro atoms. The van der Waals surface area contributed by atoms with E-state index in [4.69, 9.17) is 11.6 Å². The Hall–Kier alpha value is -2.59. The fraction of sp³-hybridized carbons (Fsp3) is 0. The molecule has 0 fully saturated rings. The fourth-order valence-electron chi connectivity index (χ4n) is 2.42. The van der Waals surface area contributed by atoms with Crippen LogP contribution in [-0.2, 0) is 0 Å². The van der Waals surface area contributed by atoms with Crippen LogP contribution in [0.5, 0.6) is 11.5 Å². The molecule has 0 saturated heterocycles. The number of hydrogen-bond acceptors (Lipinski definition) is 2. The molecule has 3 aromatic rings. The molecular formula is C18H11ClF2O2. The van der Waals surface area contributed by atoms with Gasteiger partial charge in [-0.3, -0.25) is 0 Å². The molecule has 3 aromatic carbocycles. The van der Waals surface area contributed by atoms with Gasteiger partial charge >= 0.3 is 0 Å². The van der Waals surface area contributed by atoms with Crippen LogP contribution in [0.2, 0.25) is 5.02 Å². The topological polar surface area (TPSA) is 40.5 Å². The second-order valence-electron chi connectivity index (χ2n) is 4.94. The van der Waals surface area contributed by atoms with Crippen molar-refractivity contribution in [3.63, 3.8) is 0 Å². The van der Waals surface area contributed by atoms with E-state index in [1.807, 2.05) is 0 Å². The lowest BCUT2D eigenvalue weighted by Crippen LogP contribution is -1.96. The first-order valence-corrected chi connectivity index (χ1v) is 7.12. The summed E-state index contributed by atoms with van der Waals surface area (Å²) in [5.41, 5.74) is -0.313. The Morgan fingerprint density at radius 3 is 1.78 bits per heavy atom. The zero-order valence-corrected chi connectivity index (χ0v) is 12.5. The first-order valence-electron chi connectivity index (χ1n) is 6.75. The lowest BCUT2D eigenvalue weighted by molar-refractivity contribution is 0.475. The number of phenolic OH excluding ortho intramolecular Hbond substituents is 2. The second-order valence-corrected chi connectivity index (χ2v) is 5.35. The van der Waals surface area contributed by atoms with E-state index in [1.54, 1.807) is 24.3 Å². The van der Waals surface area contributed by atoms with Crippen LogP contribution in [0, 0.1) is 11.6 Å². The zero-order chi connectivity index (χ0) is 16.6. The smallest absolute Gasteiger partial charge is 0.152 e. The van der Waals surface area contributed by atoms with Crippen LogP contribution in [0.3, 0.4) is 0 Å². The van der Waals surface area contributed by atoms with Crippen molar-refractivity contribution in [1.82, 2.24) is 0 Å². The van der Waals surface area contributed by atoms with Gasteiger partial charge in [0.25, 0.3) is 0 Å². The highest BCUT2D eigenvalue weighted by Gasteiger charge is 2.23. The summed E-state index contributed by atoms with van der Waals surface area (Å²) in [4.78, 5) is 0. The normalized spacial score (nSPS) is 10.7. The van der Waals surface area contributed by atoms with Gasteiger partial charge in [0.05, 0.1) is 10.6 Å². The van der Waals surface area contributed by atoms with Crippen molar-refractivity contribution in [2.75, 3.05) is 0 Å². The molecule has 3 rings (SSSR count). The summed E-state index contributed by atoms with van der Waals surface area (Å²) in [6.45, 7) is 0. The van der Waals surface area contributed by atoms with Crippen LogP contribution in [-0.4, -0.2) is 10.2 Å². The number of aromatic hydroxyl groups is 2. The number of halogens is 3. The van der Waals surface area contributed by atoms with Gasteiger partial charge in [0.2, 0.25) is 0 Å². The summed E-state index contributed by atoms with van der Waals surface area (Å²) in [6, 6.07) is 13.0. The largest absolute Gasteiger partial charge is 0.507 e. The monoisotopic (exact) mass is 332 g/mol. The Labute approximate surface area is 136 Å². The Balaban J connectivity index is 2.35. The highest BCUT2D eigenvalue weighted by Crippen LogP contribution is 2.41. The van der Waals surface area contributed by atoms with Crippen molar-refractivity contribution < 1.29 is 19.0 Å². The molecule has 2 N–H and O–H groups in total. The van der Waals surface area contributed by atoms with E-state index in [1.165, 1.54) is 24.3 Å². The summed E-state index contributed by atoms with van der Waals surface area (Å²) < 4.78 is 29.3. The molecule has 0 aliphatic rings. The molecule has 0 unspecified atom stereocenters. The second kappa shape index (κ2) is 5.89. The number of rotatable bonds is 2. The van der Waals surface area contributed by atoms with Crippen LogP contribution in [0.1, 0.15) is 0 Å². The quantitative estimate of drug-likeness (QED) is 0.620. The minimum Gasteiger partial charge on any atom is -0.507 e. The van der Waals surface area contributed by atoms with Gasteiger partial charge in [-0.05, 0) is 18.2 Å². The van der Waals surface area contributed by atoms with Gasteiger partial charge in [-0.2, -0.15) is 0 Å². The molecule has 0 amide bonds. The molecule has 5 heteroatoms. The molecule has 0 radical (unpaired) electrons. The fourth-order valence-corrected chi connectivity index (χ4v) is 2.63. The summed E-state index contributed by atoms with van der Waals surface area (Å²) in [7, 11) is 0. The van der Waals surface area contributed by atoms with Crippen LogP contribution in [0.4, 0.5) is 8.78 Å². The average Bonchev–Trinajstić information content (AvgIpc) is 2.54. The van der Waals surface area contributed by atoms with Gasteiger partial charge in [0.15, 0.2) is 5.82 Å². The lowest BCUT2D eigenvalue weighted by Gasteiger charge is -2.13. The molecule has 0 aliphatic carbocycles. The molecule has 0 heterocycles. The Morgan fingerprint density at radius 1 is 0.696 bits per heavy atom. The van der Waals surface area contributed by atoms with Gasteiger partial charge in [-0.25, -0.2) is 8.78 Å². The third kappa shape index (κ3) is 2.62. The Kier molecular flexibility index (Phi) is 3.92. The van der Waals surface area contributed by atoms with E-state index in [-0.39, 0.29) is 33.2 Å². The van der Waals surface area contributed by atoms with Gasteiger partial charge < -0.3 is 10.2 Å². The molecular weight excluding hydrogens is 322 g/mol. The van der Waals surface area contributed by atoms with E-state index in [2.05, 4.69) is 0 Å². The van der Waals surface area contributed by atoms with Crippen molar-refractivity contribution in [3.8, 4) is 33.8 Å². The standard InChI is InChI=1S/C18H11ClF2O2/c19-13-9-12(10-5-1-3-7-14(10)22)17(20)16(18(13)21)11-6-2-4-8-15(11)23/h1-9,22-23H. The van der Waals surface area contributed by atoms with E-state index >= 15 is 0 Å². The molecule has 116 valence electrons. The highest BCUT2D eigenvalue weighted by molar-refractivity contribution is 6.31. The minimum absolute atomic E-state index is 0.0123. The van der Waals surface area contributed by atoms with Gasteiger partial charge in [-0.1, -0.05) is 48.0 Å². The number of para-hydroxylation sites is 2. The van der Waals surface area contributed by atoms with Crippen LogP contribution in [0.25, 0.3) is 22.3 Å². The summed E-state index contributed by atoms with van der Waals surface area (Å²) in [5.74, 6) is -2.30. The number of phenols is 2. The number of benzene rings is 3. The van der Waals surface area contributed by atoms with Crippen molar-refractivity contribution in [2.45, 2.75) is 0 Å². The highest BCUT2D eigenvalue weighted by atomic mass is 35.5. The lowest BCUT2D eigenvalue weighted by atomic mass is 9.96. The molecule has 0 aliphatic heterocycles. The van der Waals surface area contributed by atoms with E-state index in [9.17, 15) is 19.0 Å². The van der Waals surface area contributed by atoms with Gasteiger partial charge in [0.1, 0.15) is 17.3 Å². The molecule has 23 heavy (non-hydrogen) atoms. The maximum absolute atomic E-state index is 14.9. The SMILES string of the molecule is Oc1ccccc1-c1cc(Cl)c(F)c(-c2ccccc2O)c1F.